The number of amides is 1. The van der Waals surface area contributed by atoms with Gasteiger partial charge >= 0.3 is 0 Å². The van der Waals surface area contributed by atoms with Gasteiger partial charge in [-0.25, -0.2) is 9.97 Å². The van der Waals surface area contributed by atoms with Crippen molar-refractivity contribution in [2.24, 2.45) is 5.92 Å². The summed E-state index contributed by atoms with van der Waals surface area (Å²) in [5.74, 6) is 1.59. The van der Waals surface area contributed by atoms with Gasteiger partial charge in [0.2, 0.25) is 11.8 Å². The molecule has 34 heavy (non-hydrogen) atoms. The van der Waals surface area contributed by atoms with E-state index in [-0.39, 0.29) is 24.0 Å². The number of nitrogens with zero attached hydrogens (tertiary/aromatic N) is 5. The molecule has 2 N–H and O–H groups in total. The minimum absolute atomic E-state index is 0.0128. The van der Waals surface area contributed by atoms with Gasteiger partial charge in [-0.1, -0.05) is 19.9 Å². The number of carbonyl (C=O) groups is 1. The van der Waals surface area contributed by atoms with Crippen LogP contribution in [0.15, 0.2) is 36.7 Å². The zero-order chi connectivity index (χ0) is 24.4. The first-order valence-corrected chi connectivity index (χ1v) is 11.6. The number of likely N-dealkylation sites (N-methyl/N-ethyl adjacent to an activating group) is 1. The maximum absolute atomic E-state index is 12.5. The van der Waals surface area contributed by atoms with Crippen molar-refractivity contribution in [2.45, 2.75) is 59.9 Å². The van der Waals surface area contributed by atoms with E-state index in [4.69, 9.17) is 4.74 Å². The molecular weight excluding hydrogens is 430 g/mol. The number of aromatic nitrogens is 4. The van der Waals surface area contributed by atoms with Gasteiger partial charge in [0.05, 0.1) is 41.6 Å². The van der Waals surface area contributed by atoms with Gasteiger partial charge in [0.25, 0.3) is 0 Å². The highest BCUT2D eigenvalue weighted by molar-refractivity contribution is 6.04. The van der Waals surface area contributed by atoms with Crippen molar-refractivity contribution >= 4 is 23.1 Å². The minimum atomic E-state index is -0.210. The van der Waals surface area contributed by atoms with E-state index in [1.165, 1.54) is 0 Å². The number of hydrogen-bond acceptors (Lipinski definition) is 7. The van der Waals surface area contributed by atoms with Crippen molar-refractivity contribution in [1.29, 1.82) is 0 Å². The number of ether oxygens (including phenoxy) is 1. The van der Waals surface area contributed by atoms with Crippen molar-refractivity contribution in [3.8, 4) is 5.88 Å². The zero-order valence-electron chi connectivity index (χ0n) is 20.7. The summed E-state index contributed by atoms with van der Waals surface area (Å²) in [6.07, 6.45) is 3.92. The molecule has 1 amide bonds. The predicted molar refractivity (Wildman–Crippen MR) is 133 cm³/mol. The Balaban J connectivity index is 1.43. The fourth-order valence-corrected chi connectivity index (χ4v) is 4.25. The average Bonchev–Trinajstić information content (AvgIpc) is 3.20. The highest BCUT2D eigenvalue weighted by atomic mass is 16.5. The Morgan fingerprint density at radius 1 is 1.21 bits per heavy atom. The Morgan fingerprint density at radius 2 is 2.00 bits per heavy atom. The fourth-order valence-electron chi connectivity index (χ4n) is 4.25. The lowest BCUT2D eigenvalue weighted by atomic mass is 9.98. The molecule has 180 valence electrons. The molecule has 0 spiro atoms. The van der Waals surface area contributed by atoms with Gasteiger partial charge < -0.3 is 20.3 Å². The van der Waals surface area contributed by atoms with Gasteiger partial charge in [-0.15, -0.1) is 0 Å². The molecule has 4 rings (SSSR count). The number of nitrogens with one attached hydrogen (secondary N) is 2. The minimum Gasteiger partial charge on any atom is -0.475 e. The molecule has 9 nitrogen and oxygen atoms in total. The molecule has 0 fully saturated rings. The third kappa shape index (κ3) is 5.13. The normalized spacial score (nSPS) is 15.5. The van der Waals surface area contributed by atoms with Crippen molar-refractivity contribution in [3.63, 3.8) is 0 Å². The summed E-state index contributed by atoms with van der Waals surface area (Å²) < 4.78 is 7.54. The molecule has 1 unspecified atom stereocenters. The highest BCUT2D eigenvalue weighted by Gasteiger charge is 2.34. The SMILES string of the molecule is Cc1nc(NCc2cnn(Cc3cccc(OC(C)C)n3)c2)cc2c1NC(=O)C(C(C)C)N2C. The third-order valence-corrected chi connectivity index (χ3v) is 5.75. The van der Waals surface area contributed by atoms with Crippen LogP contribution >= 0.6 is 0 Å². The number of aryl methyl sites for hydroxylation is 1. The van der Waals surface area contributed by atoms with Crippen molar-refractivity contribution in [3.05, 3.63) is 53.6 Å². The summed E-state index contributed by atoms with van der Waals surface area (Å²) in [6.45, 7) is 11.1. The summed E-state index contributed by atoms with van der Waals surface area (Å²) in [4.78, 5) is 23.8. The molecule has 1 aliphatic heterocycles. The predicted octanol–water partition coefficient (Wildman–Crippen LogP) is 3.84. The second kappa shape index (κ2) is 9.70. The molecule has 0 aromatic carbocycles. The smallest absolute Gasteiger partial charge is 0.247 e. The van der Waals surface area contributed by atoms with E-state index in [1.54, 1.807) is 0 Å². The summed E-state index contributed by atoms with van der Waals surface area (Å²) >= 11 is 0. The lowest BCUT2D eigenvalue weighted by Gasteiger charge is -2.38. The van der Waals surface area contributed by atoms with Crippen LogP contribution in [0.25, 0.3) is 0 Å². The number of pyridine rings is 2. The molecule has 9 heteroatoms. The lowest BCUT2D eigenvalue weighted by Crippen LogP contribution is -2.49. The van der Waals surface area contributed by atoms with Crippen LogP contribution in [-0.2, 0) is 17.9 Å². The maximum atomic E-state index is 12.5. The first kappa shape index (κ1) is 23.5. The molecule has 0 radical (unpaired) electrons. The standard InChI is InChI=1S/C25H33N7O2/c1-15(2)24-25(33)30-23-17(5)28-21(10-20(23)31(24)6)26-11-18-12-27-32(13-18)14-19-8-7-9-22(29-19)34-16(3)4/h7-10,12-13,15-16,24H,11,14H2,1-6H3,(H,26,28)(H,30,33). The second-order valence-electron chi connectivity index (χ2n) is 9.31. The van der Waals surface area contributed by atoms with Crippen LogP contribution in [0.1, 0.15) is 44.6 Å². The summed E-state index contributed by atoms with van der Waals surface area (Å²) in [6, 6.07) is 7.55. The molecule has 0 aliphatic carbocycles. The third-order valence-electron chi connectivity index (χ3n) is 5.75. The van der Waals surface area contributed by atoms with Crippen LogP contribution in [0, 0.1) is 12.8 Å². The van der Waals surface area contributed by atoms with Crippen LogP contribution in [-0.4, -0.2) is 44.8 Å². The number of fused-ring (bicyclic) bond motifs is 1. The number of anilines is 3. The molecule has 4 heterocycles. The number of carbonyl (C=O) groups excluding carboxylic acids is 1. The summed E-state index contributed by atoms with van der Waals surface area (Å²) in [5, 5.41) is 10.9. The van der Waals surface area contributed by atoms with Gasteiger partial charge in [0, 0.05) is 37.5 Å². The molecule has 3 aromatic heterocycles. The Labute approximate surface area is 200 Å². The monoisotopic (exact) mass is 463 g/mol. The van der Waals surface area contributed by atoms with Crippen LogP contribution < -0.4 is 20.3 Å². The topological polar surface area (TPSA) is 97.2 Å². The Hall–Kier alpha value is -3.62. The van der Waals surface area contributed by atoms with Crippen molar-refractivity contribution in [2.75, 3.05) is 22.6 Å². The Kier molecular flexibility index (Phi) is 6.72. The van der Waals surface area contributed by atoms with Crippen molar-refractivity contribution in [1.82, 2.24) is 19.7 Å². The molecular formula is C25H33N7O2. The van der Waals surface area contributed by atoms with Crippen LogP contribution in [0.2, 0.25) is 0 Å². The zero-order valence-corrected chi connectivity index (χ0v) is 20.7. The molecule has 0 saturated heterocycles. The molecule has 0 bridgehead atoms. The van der Waals surface area contributed by atoms with Gasteiger partial charge in [0.1, 0.15) is 11.9 Å². The molecule has 3 aromatic rings. The van der Waals surface area contributed by atoms with E-state index in [0.29, 0.717) is 19.0 Å². The maximum Gasteiger partial charge on any atom is 0.247 e. The van der Waals surface area contributed by atoms with Crippen LogP contribution in [0.5, 0.6) is 5.88 Å². The largest absolute Gasteiger partial charge is 0.475 e. The molecule has 1 atom stereocenters. The summed E-state index contributed by atoms with van der Waals surface area (Å²) in [7, 11) is 1.96. The van der Waals surface area contributed by atoms with Gasteiger partial charge in [0.15, 0.2) is 0 Å². The van der Waals surface area contributed by atoms with Gasteiger partial charge in [-0.2, -0.15) is 5.10 Å². The first-order valence-electron chi connectivity index (χ1n) is 11.6. The first-order chi connectivity index (χ1) is 16.2. The van der Waals surface area contributed by atoms with Gasteiger partial charge in [-0.3, -0.25) is 9.48 Å². The second-order valence-corrected chi connectivity index (χ2v) is 9.31. The molecule has 1 aliphatic rings. The molecule has 0 saturated carbocycles. The van der Waals surface area contributed by atoms with Gasteiger partial charge in [-0.05, 0) is 32.8 Å². The summed E-state index contributed by atoms with van der Waals surface area (Å²) in [5.41, 5.74) is 4.45. The Bertz CT molecular complexity index is 1170. The van der Waals surface area contributed by atoms with Crippen LogP contribution in [0.4, 0.5) is 17.2 Å². The Morgan fingerprint density at radius 3 is 2.74 bits per heavy atom. The van der Waals surface area contributed by atoms with Crippen LogP contribution in [0.3, 0.4) is 0 Å². The quantitative estimate of drug-likeness (QED) is 0.524. The fraction of sp³-hybridized carbons (Fsp3) is 0.440. The van der Waals surface area contributed by atoms with E-state index in [9.17, 15) is 4.79 Å². The number of hydrogen-bond donors (Lipinski definition) is 2. The van der Waals surface area contributed by atoms with E-state index < -0.39 is 0 Å². The lowest BCUT2D eigenvalue weighted by molar-refractivity contribution is -0.118. The number of rotatable bonds is 8. The van der Waals surface area contributed by atoms with Crippen molar-refractivity contribution < 1.29 is 9.53 Å². The highest BCUT2D eigenvalue weighted by Crippen LogP contribution is 2.36. The van der Waals surface area contributed by atoms with E-state index in [0.717, 1.165) is 34.1 Å². The average molecular weight is 464 g/mol. The van der Waals surface area contributed by atoms with E-state index in [1.807, 2.05) is 74.1 Å². The van der Waals surface area contributed by atoms with E-state index >= 15 is 0 Å². The van der Waals surface area contributed by atoms with E-state index in [2.05, 4.69) is 39.5 Å².